The molecule has 2 rings (SSSR count). The Morgan fingerprint density at radius 3 is 1.91 bits per heavy atom. The molecule has 356 valence electrons. The van der Waals surface area contributed by atoms with Crippen molar-refractivity contribution in [1.82, 2.24) is 42.5 Å². The second kappa shape index (κ2) is 26.8. The summed E-state index contributed by atoms with van der Waals surface area (Å²) in [5.41, 5.74) is 11.0. The molecule has 0 bridgehead atoms. The normalized spacial score (nSPS) is 23.3. The van der Waals surface area contributed by atoms with Crippen LogP contribution in [0.25, 0.3) is 0 Å². The lowest BCUT2D eigenvalue weighted by atomic mass is 9.96. The third-order valence-corrected chi connectivity index (χ3v) is 12.0. The summed E-state index contributed by atoms with van der Waals surface area (Å²) in [7, 11) is 1.77. The van der Waals surface area contributed by atoms with E-state index in [-0.39, 0.29) is 36.0 Å². The first-order valence-electron chi connectivity index (χ1n) is 20.3. The number of benzene rings is 1. The van der Waals surface area contributed by atoms with Crippen LogP contribution in [0.4, 0.5) is 0 Å². The highest BCUT2D eigenvalue weighted by Crippen LogP contribution is 2.24. The number of aliphatic hydroxyl groups is 2. The zero-order valence-electron chi connectivity index (χ0n) is 36.1. The second-order valence-electron chi connectivity index (χ2n) is 15.6. The van der Waals surface area contributed by atoms with Crippen LogP contribution in [0, 0.1) is 11.8 Å². The molecule has 1 aliphatic heterocycles. The van der Waals surface area contributed by atoms with Crippen LogP contribution in [0.15, 0.2) is 24.3 Å². The zero-order valence-corrected chi connectivity index (χ0v) is 37.8. The van der Waals surface area contributed by atoms with Gasteiger partial charge in [-0.05, 0) is 42.9 Å². The van der Waals surface area contributed by atoms with Gasteiger partial charge in [-0.3, -0.25) is 47.9 Å². The van der Waals surface area contributed by atoms with E-state index in [9.17, 15) is 63.3 Å². The van der Waals surface area contributed by atoms with Gasteiger partial charge in [-0.25, -0.2) is 0 Å². The Bertz CT molecular complexity index is 1840. The Balaban J connectivity index is 2.50. The summed E-state index contributed by atoms with van der Waals surface area (Å²) in [5, 5.41) is 50.5. The van der Waals surface area contributed by atoms with Gasteiger partial charge in [0.05, 0.1) is 25.6 Å². The maximum Gasteiger partial charge on any atom is 0.250 e. The summed E-state index contributed by atoms with van der Waals surface area (Å²) >= 11 is 0. The number of carbonyl (C=O) groups is 10. The van der Waals surface area contributed by atoms with Crippen molar-refractivity contribution in [3.8, 4) is 5.75 Å². The SMILES string of the molecule is CC[C@H](C)[C@@H]1NC(=O)[C@H](Cc2ccc(O)cc2)NC(=O)[C@@H](O)CSSC[C@@H](C(=O)NCC(=O)N[C@@H](CC(C)C)C(=O)NCC(N)=O)NC(=O)[C@H](CC(N)=O)NC(=O)[C@H]([C@@H](C)O)NC1=O. The first kappa shape index (κ1) is 54.5. The van der Waals surface area contributed by atoms with Crippen LogP contribution in [0.1, 0.15) is 59.4 Å². The third-order valence-electron chi connectivity index (χ3n) is 9.60. The van der Waals surface area contributed by atoms with E-state index >= 15 is 0 Å². The number of rotatable bonds is 16. The summed E-state index contributed by atoms with van der Waals surface area (Å²) in [6, 6.07) is -3.24. The summed E-state index contributed by atoms with van der Waals surface area (Å²) in [4.78, 5) is 131. The van der Waals surface area contributed by atoms with E-state index < -0.39 is 133 Å². The van der Waals surface area contributed by atoms with Crippen molar-refractivity contribution in [2.45, 2.75) is 109 Å². The molecule has 0 unspecified atom stereocenters. The highest BCUT2D eigenvalue weighted by atomic mass is 33.1. The lowest BCUT2D eigenvalue weighted by Crippen LogP contribution is -2.63. The maximum atomic E-state index is 13.9. The van der Waals surface area contributed by atoms with Gasteiger partial charge in [0.1, 0.15) is 48.1 Å². The van der Waals surface area contributed by atoms with Crippen LogP contribution >= 0.6 is 21.6 Å². The fourth-order valence-electron chi connectivity index (χ4n) is 5.92. The fourth-order valence-corrected chi connectivity index (χ4v) is 8.13. The van der Waals surface area contributed by atoms with E-state index in [4.69, 9.17) is 11.5 Å². The topological polar surface area (TPSA) is 380 Å². The second-order valence-corrected chi connectivity index (χ2v) is 18.1. The number of hydrogen-bond donors (Lipinski definition) is 13. The number of amides is 10. The lowest BCUT2D eigenvalue weighted by molar-refractivity contribution is -0.138. The van der Waals surface area contributed by atoms with Crippen molar-refractivity contribution in [1.29, 1.82) is 0 Å². The molecule has 1 aromatic rings. The minimum Gasteiger partial charge on any atom is -0.508 e. The fraction of sp³-hybridized carbons (Fsp3) is 0.590. The van der Waals surface area contributed by atoms with Gasteiger partial charge < -0.3 is 69.3 Å². The first-order valence-corrected chi connectivity index (χ1v) is 22.8. The van der Waals surface area contributed by atoms with Gasteiger partial charge in [0.2, 0.25) is 59.1 Å². The predicted molar refractivity (Wildman–Crippen MR) is 234 cm³/mol. The molecule has 1 saturated heterocycles. The van der Waals surface area contributed by atoms with Gasteiger partial charge in [-0.2, -0.15) is 0 Å². The van der Waals surface area contributed by atoms with Crippen LogP contribution in [0.5, 0.6) is 5.75 Å². The highest BCUT2D eigenvalue weighted by molar-refractivity contribution is 8.76. The standard InChI is InChI=1S/C39H60N10O13S2/c1-6-19(4)31-38(61)49-32(20(5)50)39(62)46-25(13-28(40)53)35(58)47-26(34(57)43-15-30(55)44-23(11-18(2)3)33(56)42-14-29(41)54)16-63-64-17-27(52)37(60)45-24(36(59)48-31)12-21-7-9-22(51)10-8-21/h7-10,18-20,23-27,31-32,50-52H,6,11-17H2,1-5H3,(H2,40,53)(H2,41,54)(H,42,56)(H,43,57)(H,44,55)(H,45,60)(H,46,62)(H,47,58)(H,48,59)(H,49,61)/t19-,20+,23-,24-,25-,26-,27-,31-,32-/m0/s1. The minimum atomic E-state index is -1.78. The number of phenols is 1. The molecule has 15 N–H and O–H groups in total. The zero-order chi connectivity index (χ0) is 48.3. The van der Waals surface area contributed by atoms with E-state index in [1.54, 1.807) is 27.7 Å². The Kier molecular flexibility index (Phi) is 22.8. The van der Waals surface area contributed by atoms with Crippen LogP contribution in [0.3, 0.4) is 0 Å². The van der Waals surface area contributed by atoms with Gasteiger partial charge in [0.15, 0.2) is 0 Å². The van der Waals surface area contributed by atoms with Gasteiger partial charge >= 0.3 is 0 Å². The molecule has 0 spiro atoms. The Labute approximate surface area is 377 Å². The molecule has 9 atom stereocenters. The number of phenolic OH excluding ortho intramolecular Hbond substituents is 1. The van der Waals surface area contributed by atoms with Crippen LogP contribution in [-0.4, -0.2) is 147 Å². The highest BCUT2D eigenvalue weighted by Gasteiger charge is 2.37. The largest absolute Gasteiger partial charge is 0.508 e. The van der Waals surface area contributed by atoms with Gasteiger partial charge in [-0.1, -0.05) is 67.8 Å². The number of nitrogens with two attached hydrogens (primary N) is 2. The predicted octanol–water partition coefficient (Wildman–Crippen LogP) is -4.33. The minimum absolute atomic E-state index is 0.0646. The van der Waals surface area contributed by atoms with E-state index in [0.29, 0.717) is 12.0 Å². The molecule has 23 nitrogen and oxygen atoms in total. The summed E-state index contributed by atoms with van der Waals surface area (Å²) in [6.45, 7) is 6.85. The number of hydrogen-bond acceptors (Lipinski definition) is 15. The Hall–Kier alpha value is -5.66. The number of primary amides is 2. The first-order chi connectivity index (χ1) is 30.0. The lowest BCUT2D eigenvalue weighted by Gasteiger charge is -2.30. The van der Waals surface area contributed by atoms with Crippen molar-refractivity contribution in [3.63, 3.8) is 0 Å². The van der Waals surface area contributed by atoms with Crippen molar-refractivity contribution in [2.24, 2.45) is 23.3 Å². The number of nitrogens with one attached hydrogen (secondary N) is 8. The molecule has 25 heteroatoms. The molecule has 1 aliphatic rings. The summed E-state index contributed by atoms with van der Waals surface area (Å²) in [6.07, 6.45) is -3.86. The van der Waals surface area contributed by atoms with Crippen molar-refractivity contribution < 1.29 is 63.3 Å². The average Bonchev–Trinajstić information content (AvgIpc) is 3.22. The summed E-state index contributed by atoms with van der Waals surface area (Å²) < 4.78 is 0. The molecule has 1 fully saturated rings. The Morgan fingerprint density at radius 1 is 0.750 bits per heavy atom. The van der Waals surface area contributed by atoms with Gasteiger partial charge in [0, 0.05) is 17.9 Å². The average molecular weight is 941 g/mol. The van der Waals surface area contributed by atoms with Crippen molar-refractivity contribution >= 4 is 80.7 Å². The summed E-state index contributed by atoms with van der Waals surface area (Å²) in [5.74, 6) is -10.8. The molecule has 0 aromatic heterocycles. The van der Waals surface area contributed by atoms with Crippen molar-refractivity contribution in [3.05, 3.63) is 29.8 Å². The molecule has 10 amide bonds. The van der Waals surface area contributed by atoms with E-state index in [0.717, 1.165) is 28.5 Å². The molecule has 1 heterocycles. The van der Waals surface area contributed by atoms with E-state index in [1.807, 2.05) is 0 Å². The van der Waals surface area contributed by atoms with Crippen LogP contribution in [0.2, 0.25) is 0 Å². The van der Waals surface area contributed by atoms with Gasteiger partial charge in [-0.15, -0.1) is 0 Å². The molecule has 64 heavy (non-hydrogen) atoms. The van der Waals surface area contributed by atoms with Crippen molar-refractivity contribution in [2.75, 3.05) is 24.6 Å². The Morgan fingerprint density at radius 2 is 1.33 bits per heavy atom. The molecule has 0 aliphatic carbocycles. The molecule has 0 radical (unpaired) electrons. The maximum absolute atomic E-state index is 13.9. The molecular formula is C39H60N10O13S2. The molecule has 1 aromatic carbocycles. The number of aromatic hydroxyl groups is 1. The monoisotopic (exact) mass is 940 g/mol. The third kappa shape index (κ3) is 19.0. The van der Waals surface area contributed by atoms with Gasteiger partial charge in [0.25, 0.3) is 0 Å². The molecule has 0 saturated carbocycles. The quantitative estimate of drug-likeness (QED) is 0.0697. The smallest absolute Gasteiger partial charge is 0.250 e. The number of aliphatic hydroxyl groups excluding tert-OH is 2. The van der Waals surface area contributed by atoms with Crippen LogP contribution < -0.4 is 54.0 Å². The van der Waals surface area contributed by atoms with E-state index in [2.05, 4.69) is 42.5 Å². The number of carbonyl (C=O) groups excluding carboxylic acids is 10. The van der Waals surface area contributed by atoms with Crippen LogP contribution in [-0.2, 0) is 54.4 Å². The van der Waals surface area contributed by atoms with E-state index in [1.165, 1.54) is 24.3 Å². The molecular weight excluding hydrogens is 881 g/mol.